The topological polar surface area (TPSA) is 18.5 Å². The minimum atomic E-state index is -2.27. The molecule has 0 atom stereocenters. The van der Waals surface area contributed by atoms with Gasteiger partial charge in [0.1, 0.15) is 0 Å². The number of thiol groups is 2. The molecule has 0 saturated heterocycles. The van der Waals surface area contributed by atoms with Crippen molar-refractivity contribution in [2.75, 3.05) is 24.7 Å². The highest BCUT2D eigenvalue weighted by molar-refractivity contribution is 7.80. The molecule has 0 heterocycles. The molecule has 0 aromatic heterocycles. The molecule has 0 aliphatic heterocycles. The summed E-state index contributed by atoms with van der Waals surface area (Å²) in [6.07, 6.45) is 0. The Hall–Kier alpha value is 0.0569. The highest BCUT2D eigenvalue weighted by Gasteiger charge is 2.33. The fraction of sp³-hybridized carbons (Fsp3) is 0.455. The summed E-state index contributed by atoms with van der Waals surface area (Å²) in [5, 5.41) is 1.15. The van der Waals surface area contributed by atoms with Crippen LogP contribution < -0.4 is 5.19 Å². The standard InChI is InChI=1S/C11H18O2S2Si/c1-16(12-7-9-14,13-8-10-15)11-5-3-2-4-6-11/h2-6,14-15H,7-10H2,1H3. The van der Waals surface area contributed by atoms with Crippen LogP contribution in [0.2, 0.25) is 6.55 Å². The van der Waals surface area contributed by atoms with E-state index in [-0.39, 0.29) is 0 Å². The summed E-state index contributed by atoms with van der Waals surface area (Å²) < 4.78 is 11.7. The van der Waals surface area contributed by atoms with E-state index in [4.69, 9.17) is 8.85 Å². The molecule has 0 bridgehead atoms. The van der Waals surface area contributed by atoms with Gasteiger partial charge in [-0.2, -0.15) is 25.3 Å². The van der Waals surface area contributed by atoms with Crippen molar-refractivity contribution in [3.05, 3.63) is 30.3 Å². The molecule has 0 fully saturated rings. The smallest absolute Gasteiger partial charge is 0.369 e. The van der Waals surface area contributed by atoms with Crippen LogP contribution in [0.25, 0.3) is 0 Å². The summed E-state index contributed by atoms with van der Waals surface area (Å²) in [5.41, 5.74) is 0. The SMILES string of the molecule is C[Si](OCCS)(OCCS)c1ccccc1. The van der Waals surface area contributed by atoms with Crippen LogP contribution in [0.1, 0.15) is 0 Å². The molecule has 1 aromatic rings. The molecule has 0 aliphatic rings. The summed E-state index contributed by atoms with van der Waals surface area (Å²) in [6.45, 7) is 3.30. The van der Waals surface area contributed by atoms with E-state index in [1.165, 1.54) is 0 Å². The zero-order valence-electron chi connectivity index (χ0n) is 9.43. The van der Waals surface area contributed by atoms with Gasteiger partial charge in [0.05, 0.1) is 0 Å². The molecule has 16 heavy (non-hydrogen) atoms. The number of hydrogen-bond acceptors (Lipinski definition) is 4. The molecule has 0 amide bonds. The monoisotopic (exact) mass is 274 g/mol. The van der Waals surface area contributed by atoms with Crippen LogP contribution in [0, 0.1) is 0 Å². The van der Waals surface area contributed by atoms with Gasteiger partial charge in [-0.25, -0.2) is 0 Å². The highest BCUT2D eigenvalue weighted by Crippen LogP contribution is 2.08. The lowest BCUT2D eigenvalue weighted by Crippen LogP contribution is -2.51. The second kappa shape index (κ2) is 7.40. The Bertz CT molecular complexity index is 287. The first-order chi connectivity index (χ1) is 7.73. The molecule has 1 rings (SSSR count). The Morgan fingerprint density at radius 1 is 1.00 bits per heavy atom. The first-order valence-electron chi connectivity index (χ1n) is 5.28. The number of hydrogen-bond donors (Lipinski definition) is 2. The lowest BCUT2D eigenvalue weighted by Gasteiger charge is -2.26. The molecule has 2 nitrogen and oxygen atoms in total. The maximum Gasteiger partial charge on any atom is 0.369 e. The number of benzene rings is 1. The first-order valence-corrected chi connectivity index (χ1v) is 8.86. The van der Waals surface area contributed by atoms with Crippen molar-refractivity contribution in [3.8, 4) is 0 Å². The summed E-state index contributed by atoms with van der Waals surface area (Å²) >= 11 is 8.33. The molecule has 0 saturated carbocycles. The van der Waals surface area contributed by atoms with Gasteiger partial charge in [0.15, 0.2) is 0 Å². The van der Waals surface area contributed by atoms with Crippen molar-refractivity contribution in [3.63, 3.8) is 0 Å². The normalized spacial score (nSPS) is 11.7. The lowest BCUT2D eigenvalue weighted by atomic mass is 10.4. The van der Waals surface area contributed by atoms with Crippen LogP contribution in [-0.2, 0) is 8.85 Å². The van der Waals surface area contributed by atoms with E-state index in [0.717, 1.165) is 5.19 Å². The van der Waals surface area contributed by atoms with Crippen molar-refractivity contribution < 1.29 is 8.85 Å². The predicted molar refractivity (Wildman–Crippen MR) is 77.3 cm³/mol. The van der Waals surface area contributed by atoms with Crippen molar-refractivity contribution in [1.82, 2.24) is 0 Å². The van der Waals surface area contributed by atoms with Gasteiger partial charge in [0.25, 0.3) is 0 Å². The van der Waals surface area contributed by atoms with E-state index in [1.807, 2.05) is 18.2 Å². The second-order valence-corrected chi connectivity index (χ2v) is 7.40. The first kappa shape index (κ1) is 14.1. The summed E-state index contributed by atoms with van der Waals surface area (Å²) in [7, 11) is -2.27. The Labute approximate surface area is 109 Å². The van der Waals surface area contributed by atoms with Crippen LogP contribution >= 0.6 is 25.3 Å². The molecular weight excluding hydrogens is 256 g/mol. The Kier molecular flexibility index (Phi) is 6.53. The van der Waals surface area contributed by atoms with Gasteiger partial charge in [0, 0.05) is 24.7 Å². The molecule has 1 aromatic carbocycles. The molecule has 0 N–H and O–H groups in total. The van der Waals surface area contributed by atoms with Crippen LogP contribution in [-0.4, -0.2) is 33.3 Å². The lowest BCUT2D eigenvalue weighted by molar-refractivity contribution is 0.205. The minimum absolute atomic E-state index is 0.618. The van der Waals surface area contributed by atoms with E-state index >= 15 is 0 Å². The van der Waals surface area contributed by atoms with E-state index in [2.05, 4.69) is 43.9 Å². The van der Waals surface area contributed by atoms with E-state index in [9.17, 15) is 0 Å². The summed E-state index contributed by atoms with van der Waals surface area (Å²) in [4.78, 5) is 0. The molecule has 90 valence electrons. The largest absolute Gasteiger partial charge is 0.390 e. The number of rotatable bonds is 7. The molecule has 0 unspecified atom stereocenters. The van der Waals surface area contributed by atoms with Gasteiger partial charge >= 0.3 is 8.56 Å². The maximum atomic E-state index is 5.87. The Morgan fingerprint density at radius 3 is 1.94 bits per heavy atom. The molecule has 5 heteroatoms. The Balaban J connectivity index is 2.77. The van der Waals surface area contributed by atoms with E-state index in [1.54, 1.807) is 0 Å². The average molecular weight is 274 g/mol. The van der Waals surface area contributed by atoms with Gasteiger partial charge in [-0.05, 0) is 11.7 Å². The fourth-order valence-electron chi connectivity index (χ4n) is 1.43. The summed E-state index contributed by atoms with van der Waals surface area (Å²) in [5.74, 6) is 1.42. The molecule has 0 spiro atoms. The molecular formula is C11H18O2S2Si. The van der Waals surface area contributed by atoms with Crippen LogP contribution in [0.4, 0.5) is 0 Å². The van der Waals surface area contributed by atoms with Crippen molar-refractivity contribution >= 4 is 39.0 Å². The second-order valence-electron chi connectivity index (χ2n) is 3.46. The highest BCUT2D eigenvalue weighted by atomic mass is 32.1. The van der Waals surface area contributed by atoms with Crippen molar-refractivity contribution in [2.24, 2.45) is 0 Å². The maximum absolute atomic E-state index is 5.87. The van der Waals surface area contributed by atoms with Gasteiger partial charge in [-0.1, -0.05) is 30.3 Å². The van der Waals surface area contributed by atoms with Crippen LogP contribution in [0.5, 0.6) is 0 Å². The third-order valence-corrected chi connectivity index (χ3v) is 5.49. The molecule has 0 radical (unpaired) electrons. The van der Waals surface area contributed by atoms with Gasteiger partial charge in [-0.3, -0.25) is 0 Å². The molecule has 0 aliphatic carbocycles. The van der Waals surface area contributed by atoms with Gasteiger partial charge < -0.3 is 8.85 Å². The minimum Gasteiger partial charge on any atom is -0.390 e. The average Bonchev–Trinajstić information content (AvgIpc) is 2.35. The van der Waals surface area contributed by atoms with Crippen LogP contribution in [0.3, 0.4) is 0 Å². The quantitative estimate of drug-likeness (QED) is 0.584. The van der Waals surface area contributed by atoms with Gasteiger partial charge in [0.2, 0.25) is 0 Å². The third-order valence-electron chi connectivity index (χ3n) is 2.24. The van der Waals surface area contributed by atoms with Crippen LogP contribution in [0.15, 0.2) is 30.3 Å². The fourth-order valence-corrected chi connectivity index (χ4v) is 4.15. The predicted octanol–water partition coefficient (Wildman–Crippen LogP) is 1.86. The Morgan fingerprint density at radius 2 is 1.50 bits per heavy atom. The van der Waals surface area contributed by atoms with Crippen molar-refractivity contribution in [2.45, 2.75) is 6.55 Å². The third kappa shape index (κ3) is 4.14. The van der Waals surface area contributed by atoms with E-state index in [0.29, 0.717) is 24.7 Å². The zero-order chi connectivity index (χ0) is 11.9. The van der Waals surface area contributed by atoms with E-state index < -0.39 is 8.56 Å². The summed E-state index contributed by atoms with van der Waals surface area (Å²) in [6, 6.07) is 10.1. The van der Waals surface area contributed by atoms with Crippen molar-refractivity contribution in [1.29, 1.82) is 0 Å². The van der Waals surface area contributed by atoms with Gasteiger partial charge in [-0.15, -0.1) is 0 Å². The zero-order valence-corrected chi connectivity index (χ0v) is 12.2.